The van der Waals surface area contributed by atoms with Crippen LogP contribution in [0.3, 0.4) is 0 Å². The van der Waals surface area contributed by atoms with Crippen molar-refractivity contribution in [3.05, 3.63) is 23.8 Å². The van der Waals surface area contributed by atoms with Gasteiger partial charge in [-0.25, -0.2) is 0 Å². The topological polar surface area (TPSA) is 46.2 Å². The standard InChI is InChI=1S/C21H30BF3O5/c1-19(2)20(3,4)30-22(29-19)15-9-10-17(16(14-15)21(23,24)25)26-12-7-13-28-18-8-5-6-11-27-18/h9-10,14,18H,5-8,11-13H2,1-4H3. The summed E-state index contributed by atoms with van der Waals surface area (Å²) >= 11 is 0. The van der Waals surface area contributed by atoms with Crippen LogP contribution in [0.15, 0.2) is 18.2 Å². The minimum absolute atomic E-state index is 0.117. The molecular formula is C21H30BF3O5. The molecule has 1 atom stereocenters. The number of halogens is 3. The molecule has 1 unspecified atom stereocenters. The van der Waals surface area contributed by atoms with Crippen LogP contribution in [0.1, 0.15) is 58.9 Å². The number of alkyl halides is 3. The first-order chi connectivity index (χ1) is 14.0. The average Bonchev–Trinajstić information content (AvgIpc) is 2.89. The van der Waals surface area contributed by atoms with Crippen molar-refractivity contribution in [1.82, 2.24) is 0 Å². The van der Waals surface area contributed by atoms with Crippen LogP contribution in [0.5, 0.6) is 5.75 Å². The first-order valence-corrected chi connectivity index (χ1v) is 10.4. The second-order valence-corrected chi connectivity index (χ2v) is 8.71. The Labute approximate surface area is 176 Å². The molecule has 2 fully saturated rings. The highest BCUT2D eigenvalue weighted by Gasteiger charge is 2.52. The molecule has 2 heterocycles. The smallest absolute Gasteiger partial charge is 0.493 e. The van der Waals surface area contributed by atoms with E-state index in [1.165, 1.54) is 6.07 Å². The lowest BCUT2D eigenvalue weighted by Gasteiger charge is -2.32. The Morgan fingerprint density at radius 3 is 2.37 bits per heavy atom. The molecule has 2 aliphatic heterocycles. The lowest BCUT2D eigenvalue weighted by molar-refractivity contribution is -0.163. The van der Waals surface area contributed by atoms with E-state index in [1.807, 2.05) is 27.7 Å². The second-order valence-electron chi connectivity index (χ2n) is 8.71. The Morgan fingerprint density at radius 1 is 1.07 bits per heavy atom. The first-order valence-electron chi connectivity index (χ1n) is 10.4. The SMILES string of the molecule is CC1(C)OB(c2ccc(OCCCOC3CCCCO3)c(C(F)(F)F)c2)OC1(C)C. The van der Waals surface area contributed by atoms with Gasteiger partial charge in [-0.3, -0.25) is 0 Å². The fourth-order valence-corrected chi connectivity index (χ4v) is 3.32. The molecular weight excluding hydrogens is 400 g/mol. The monoisotopic (exact) mass is 430 g/mol. The van der Waals surface area contributed by atoms with Gasteiger partial charge in [0.1, 0.15) is 5.75 Å². The zero-order chi connectivity index (χ0) is 22.0. The van der Waals surface area contributed by atoms with Gasteiger partial charge in [0.2, 0.25) is 0 Å². The fraction of sp³-hybridized carbons (Fsp3) is 0.714. The van der Waals surface area contributed by atoms with Gasteiger partial charge in [-0.15, -0.1) is 0 Å². The van der Waals surface area contributed by atoms with Crippen molar-refractivity contribution in [2.24, 2.45) is 0 Å². The highest BCUT2D eigenvalue weighted by Crippen LogP contribution is 2.39. The molecule has 2 aliphatic rings. The van der Waals surface area contributed by atoms with E-state index < -0.39 is 30.1 Å². The normalized spacial score (nSPS) is 23.6. The molecule has 30 heavy (non-hydrogen) atoms. The molecule has 0 spiro atoms. The van der Waals surface area contributed by atoms with E-state index in [2.05, 4.69) is 0 Å². The molecule has 0 saturated carbocycles. The molecule has 9 heteroatoms. The molecule has 1 aromatic carbocycles. The summed E-state index contributed by atoms with van der Waals surface area (Å²) in [6.07, 6.45) is -1.36. The number of ether oxygens (including phenoxy) is 3. The minimum Gasteiger partial charge on any atom is -0.493 e. The largest absolute Gasteiger partial charge is 0.494 e. The van der Waals surface area contributed by atoms with E-state index in [1.54, 1.807) is 6.07 Å². The van der Waals surface area contributed by atoms with Gasteiger partial charge in [0.25, 0.3) is 0 Å². The highest BCUT2D eigenvalue weighted by molar-refractivity contribution is 6.62. The molecule has 3 rings (SSSR count). The van der Waals surface area contributed by atoms with E-state index in [9.17, 15) is 13.2 Å². The molecule has 1 aromatic rings. The van der Waals surface area contributed by atoms with Gasteiger partial charge in [-0.1, -0.05) is 6.07 Å². The van der Waals surface area contributed by atoms with E-state index in [4.69, 9.17) is 23.5 Å². The zero-order valence-electron chi connectivity index (χ0n) is 18.0. The fourth-order valence-electron chi connectivity index (χ4n) is 3.32. The Hall–Kier alpha value is -1.29. The summed E-state index contributed by atoms with van der Waals surface area (Å²) in [5, 5.41) is 0. The molecule has 0 amide bonds. The summed E-state index contributed by atoms with van der Waals surface area (Å²) in [6, 6.07) is 3.93. The van der Waals surface area contributed by atoms with Crippen LogP contribution in [-0.2, 0) is 25.0 Å². The summed E-state index contributed by atoms with van der Waals surface area (Å²) in [5.41, 5.74) is -1.79. The highest BCUT2D eigenvalue weighted by atomic mass is 19.4. The van der Waals surface area contributed by atoms with Crippen molar-refractivity contribution in [2.45, 2.75) is 77.0 Å². The van der Waals surface area contributed by atoms with Crippen molar-refractivity contribution in [3.63, 3.8) is 0 Å². The third kappa shape index (κ3) is 5.49. The quantitative estimate of drug-likeness (QED) is 0.477. The molecule has 0 bridgehead atoms. The Balaban J connectivity index is 1.61. The van der Waals surface area contributed by atoms with Crippen LogP contribution < -0.4 is 10.2 Å². The van der Waals surface area contributed by atoms with E-state index in [-0.39, 0.29) is 18.6 Å². The Morgan fingerprint density at radius 2 is 1.77 bits per heavy atom. The van der Waals surface area contributed by atoms with Crippen LogP contribution in [0.4, 0.5) is 13.2 Å². The summed E-state index contributed by atoms with van der Waals surface area (Å²) in [6.45, 7) is 8.60. The van der Waals surface area contributed by atoms with Gasteiger partial charge in [-0.2, -0.15) is 13.2 Å². The van der Waals surface area contributed by atoms with Crippen LogP contribution >= 0.6 is 0 Å². The first kappa shape index (κ1) is 23.4. The maximum atomic E-state index is 13.6. The van der Waals surface area contributed by atoms with Gasteiger partial charge < -0.3 is 23.5 Å². The van der Waals surface area contributed by atoms with Gasteiger partial charge in [0.05, 0.1) is 30.0 Å². The van der Waals surface area contributed by atoms with Crippen LogP contribution in [0.25, 0.3) is 0 Å². The number of hydrogen-bond donors (Lipinski definition) is 0. The van der Waals surface area contributed by atoms with Crippen molar-refractivity contribution in [2.75, 3.05) is 19.8 Å². The molecule has 0 aromatic heterocycles. The van der Waals surface area contributed by atoms with Crippen molar-refractivity contribution in [1.29, 1.82) is 0 Å². The predicted molar refractivity (Wildman–Crippen MR) is 107 cm³/mol. The minimum atomic E-state index is -4.55. The lowest BCUT2D eigenvalue weighted by atomic mass is 9.78. The van der Waals surface area contributed by atoms with E-state index >= 15 is 0 Å². The number of rotatable bonds is 7. The Kier molecular flexibility index (Phi) is 7.06. The third-order valence-electron chi connectivity index (χ3n) is 5.82. The van der Waals surface area contributed by atoms with Gasteiger partial charge in [-0.05, 0) is 64.6 Å². The van der Waals surface area contributed by atoms with Crippen molar-refractivity contribution >= 4 is 12.6 Å². The third-order valence-corrected chi connectivity index (χ3v) is 5.82. The summed E-state index contributed by atoms with van der Waals surface area (Å²) < 4.78 is 69.1. The molecule has 2 saturated heterocycles. The summed E-state index contributed by atoms with van der Waals surface area (Å²) in [4.78, 5) is 0. The lowest BCUT2D eigenvalue weighted by Crippen LogP contribution is -2.41. The summed E-state index contributed by atoms with van der Waals surface area (Å²) in [7, 11) is -0.867. The van der Waals surface area contributed by atoms with Crippen LogP contribution in [0.2, 0.25) is 0 Å². The van der Waals surface area contributed by atoms with E-state index in [0.717, 1.165) is 25.3 Å². The molecule has 0 aliphatic carbocycles. The van der Waals surface area contributed by atoms with Gasteiger partial charge >= 0.3 is 13.3 Å². The van der Waals surface area contributed by atoms with Crippen LogP contribution in [0, 0.1) is 0 Å². The van der Waals surface area contributed by atoms with Crippen molar-refractivity contribution in [3.8, 4) is 5.75 Å². The molecule has 0 N–H and O–H groups in total. The molecule has 0 radical (unpaired) electrons. The number of benzene rings is 1. The maximum Gasteiger partial charge on any atom is 0.494 e. The predicted octanol–water partition coefficient (Wildman–Crippen LogP) is 4.32. The second kappa shape index (κ2) is 9.06. The Bertz CT molecular complexity index is 701. The zero-order valence-corrected chi connectivity index (χ0v) is 18.0. The van der Waals surface area contributed by atoms with Crippen molar-refractivity contribution < 1.29 is 36.7 Å². The van der Waals surface area contributed by atoms with Gasteiger partial charge in [0, 0.05) is 13.0 Å². The molecule has 168 valence electrons. The number of hydrogen-bond acceptors (Lipinski definition) is 5. The molecule has 5 nitrogen and oxygen atoms in total. The average molecular weight is 430 g/mol. The van der Waals surface area contributed by atoms with Gasteiger partial charge in [0.15, 0.2) is 6.29 Å². The summed E-state index contributed by atoms with van der Waals surface area (Å²) in [5.74, 6) is -0.211. The van der Waals surface area contributed by atoms with Crippen LogP contribution in [-0.4, -0.2) is 44.4 Å². The van der Waals surface area contributed by atoms with E-state index in [0.29, 0.717) is 25.1 Å². The maximum absolute atomic E-state index is 13.6.